The third-order valence-electron chi connectivity index (χ3n) is 4.84. The quantitative estimate of drug-likeness (QED) is 0.777. The molecule has 5 nitrogen and oxygen atoms in total. The Morgan fingerprint density at radius 1 is 1.11 bits per heavy atom. The number of carbonyl (C=O) groups excluding carboxylic acids is 1. The Kier molecular flexibility index (Phi) is 6.85. The monoisotopic (exact) mass is 367 g/mol. The number of amides is 1. The van der Waals surface area contributed by atoms with Crippen LogP contribution >= 0.6 is 0 Å². The predicted octanol–water partition coefficient (Wildman–Crippen LogP) is 3.36. The second-order valence-electron chi connectivity index (χ2n) is 7.25. The first-order valence-corrected chi connectivity index (χ1v) is 9.55. The molecule has 3 rings (SSSR count). The number of nitrogens with zero attached hydrogens (tertiary/aromatic N) is 2. The van der Waals surface area contributed by atoms with Crippen LogP contribution in [0.1, 0.15) is 24.0 Å². The minimum Gasteiger partial charge on any atom is -0.497 e. The van der Waals surface area contributed by atoms with Crippen LogP contribution in [-0.2, 0) is 17.9 Å². The fourth-order valence-electron chi connectivity index (χ4n) is 3.48. The fraction of sp³-hybridized carbons (Fsp3) is 0.409. The van der Waals surface area contributed by atoms with Gasteiger partial charge in [-0.15, -0.1) is 0 Å². The van der Waals surface area contributed by atoms with E-state index in [0.717, 1.165) is 23.5 Å². The van der Waals surface area contributed by atoms with Crippen LogP contribution in [-0.4, -0.2) is 49.5 Å². The summed E-state index contributed by atoms with van der Waals surface area (Å²) >= 11 is 0. The van der Waals surface area contributed by atoms with Crippen LogP contribution in [0.2, 0.25) is 0 Å². The maximum atomic E-state index is 12.3. The van der Waals surface area contributed by atoms with Crippen molar-refractivity contribution in [3.63, 3.8) is 0 Å². The Morgan fingerprint density at radius 2 is 1.85 bits per heavy atom. The Morgan fingerprint density at radius 3 is 2.56 bits per heavy atom. The first-order valence-electron chi connectivity index (χ1n) is 9.55. The number of benzene rings is 2. The highest BCUT2D eigenvalue weighted by Gasteiger charge is 2.12. The molecule has 144 valence electrons. The molecule has 0 radical (unpaired) electrons. The Labute approximate surface area is 161 Å². The number of hydrogen-bond acceptors (Lipinski definition) is 4. The highest BCUT2D eigenvalue weighted by Crippen LogP contribution is 2.16. The average molecular weight is 367 g/mol. The van der Waals surface area contributed by atoms with Crippen molar-refractivity contribution in [3.8, 4) is 5.75 Å². The Balaban J connectivity index is 1.46. The maximum absolute atomic E-state index is 12.3. The molecule has 0 aliphatic carbocycles. The summed E-state index contributed by atoms with van der Waals surface area (Å²) in [6, 6.07) is 16.1. The van der Waals surface area contributed by atoms with Gasteiger partial charge in [0.2, 0.25) is 5.91 Å². The van der Waals surface area contributed by atoms with E-state index >= 15 is 0 Å². The highest BCUT2D eigenvalue weighted by atomic mass is 16.5. The van der Waals surface area contributed by atoms with Gasteiger partial charge in [0.05, 0.1) is 13.7 Å². The normalized spacial score (nSPS) is 14.5. The standard InChI is InChI=1S/C22H29N3O2/c1-24(15-19-6-5-7-21(14-19)27-2)17-22(26)23-20-10-8-18(9-11-20)16-25-12-3-4-13-25/h5-11,14H,3-4,12-13,15-17H2,1-2H3,(H,23,26). The van der Waals surface area contributed by atoms with Crippen LogP contribution in [0.4, 0.5) is 5.69 Å². The van der Waals surface area contributed by atoms with Crippen LogP contribution in [0.25, 0.3) is 0 Å². The van der Waals surface area contributed by atoms with Gasteiger partial charge in [0.1, 0.15) is 5.75 Å². The van der Waals surface area contributed by atoms with Crippen LogP contribution in [0, 0.1) is 0 Å². The highest BCUT2D eigenvalue weighted by molar-refractivity contribution is 5.92. The van der Waals surface area contributed by atoms with E-state index in [1.165, 1.54) is 31.5 Å². The van der Waals surface area contributed by atoms with Crippen LogP contribution < -0.4 is 10.1 Å². The fourth-order valence-corrected chi connectivity index (χ4v) is 3.48. The summed E-state index contributed by atoms with van der Waals surface area (Å²) in [4.78, 5) is 16.8. The molecule has 1 N–H and O–H groups in total. The summed E-state index contributed by atoms with van der Waals surface area (Å²) in [6.07, 6.45) is 2.61. The average Bonchev–Trinajstić information content (AvgIpc) is 3.16. The zero-order valence-electron chi connectivity index (χ0n) is 16.3. The van der Waals surface area contributed by atoms with E-state index in [1.54, 1.807) is 7.11 Å². The van der Waals surface area contributed by atoms with Crippen molar-refractivity contribution in [2.45, 2.75) is 25.9 Å². The number of anilines is 1. The lowest BCUT2D eigenvalue weighted by molar-refractivity contribution is -0.117. The number of rotatable bonds is 8. The van der Waals surface area contributed by atoms with Crippen molar-refractivity contribution in [2.24, 2.45) is 0 Å². The molecule has 0 bridgehead atoms. The summed E-state index contributed by atoms with van der Waals surface area (Å²) < 4.78 is 5.25. The first-order chi connectivity index (χ1) is 13.1. The van der Waals surface area contributed by atoms with Gasteiger partial charge in [-0.05, 0) is 68.4 Å². The summed E-state index contributed by atoms with van der Waals surface area (Å²) in [5.41, 5.74) is 3.26. The Hall–Kier alpha value is -2.37. The van der Waals surface area contributed by atoms with E-state index < -0.39 is 0 Å². The number of likely N-dealkylation sites (N-methyl/N-ethyl adjacent to an activating group) is 1. The number of ether oxygens (including phenoxy) is 1. The first kappa shape index (κ1) is 19.4. The molecule has 0 spiro atoms. The van der Waals surface area contributed by atoms with Crippen molar-refractivity contribution < 1.29 is 9.53 Å². The van der Waals surface area contributed by atoms with Gasteiger partial charge in [0, 0.05) is 18.8 Å². The second kappa shape index (κ2) is 9.53. The number of methoxy groups -OCH3 is 1. The van der Waals surface area contributed by atoms with Crippen LogP contribution in [0.3, 0.4) is 0 Å². The second-order valence-corrected chi connectivity index (χ2v) is 7.25. The van der Waals surface area contributed by atoms with E-state index in [0.29, 0.717) is 13.1 Å². The molecule has 0 aromatic heterocycles. The van der Waals surface area contributed by atoms with Crippen molar-refractivity contribution in [1.29, 1.82) is 0 Å². The Bertz CT molecular complexity index is 739. The molecule has 1 aliphatic rings. The molecular formula is C22H29N3O2. The molecule has 2 aromatic rings. The van der Waals surface area contributed by atoms with Crippen molar-refractivity contribution in [2.75, 3.05) is 39.1 Å². The minimum absolute atomic E-state index is 0.00677. The van der Waals surface area contributed by atoms with Gasteiger partial charge in [-0.1, -0.05) is 24.3 Å². The maximum Gasteiger partial charge on any atom is 0.238 e. The minimum atomic E-state index is -0.00677. The summed E-state index contributed by atoms with van der Waals surface area (Å²) in [6.45, 7) is 4.42. The van der Waals surface area contributed by atoms with Gasteiger partial charge < -0.3 is 10.1 Å². The molecule has 0 unspecified atom stereocenters. The van der Waals surface area contributed by atoms with Gasteiger partial charge in [0.25, 0.3) is 0 Å². The molecule has 27 heavy (non-hydrogen) atoms. The van der Waals surface area contributed by atoms with E-state index in [-0.39, 0.29) is 5.91 Å². The third kappa shape index (κ3) is 6.08. The van der Waals surface area contributed by atoms with Crippen molar-refractivity contribution in [1.82, 2.24) is 9.80 Å². The lowest BCUT2D eigenvalue weighted by atomic mass is 10.2. The number of likely N-dealkylation sites (tertiary alicyclic amines) is 1. The molecular weight excluding hydrogens is 338 g/mol. The molecule has 1 aliphatic heterocycles. The largest absolute Gasteiger partial charge is 0.497 e. The van der Waals surface area contributed by atoms with Gasteiger partial charge in [-0.2, -0.15) is 0 Å². The summed E-state index contributed by atoms with van der Waals surface area (Å²) in [5, 5.41) is 2.98. The molecule has 1 heterocycles. The van der Waals surface area contributed by atoms with Gasteiger partial charge >= 0.3 is 0 Å². The summed E-state index contributed by atoms with van der Waals surface area (Å²) in [5.74, 6) is 0.826. The third-order valence-corrected chi connectivity index (χ3v) is 4.84. The van der Waals surface area contributed by atoms with E-state index in [2.05, 4.69) is 22.3 Å². The molecule has 1 saturated heterocycles. The molecule has 5 heteroatoms. The molecule has 1 amide bonds. The SMILES string of the molecule is COc1cccc(CN(C)CC(=O)Nc2ccc(CN3CCCC3)cc2)c1. The van der Waals surface area contributed by atoms with Crippen LogP contribution in [0.5, 0.6) is 5.75 Å². The number of hydrogen-bond donors (Lipinski definition) is 1. The van der Waals surface area contributed by atoms with E-state index in [1.807, 2.05) is 48.3 Å². The smallest absolute Gasteiger partial charge is 0.238 e. The predicted molar refractivity (Wildman–Crippen MR) is 109 cm³/mol. The lowest BCUT2D eigenvalue weighted by Gasteiger charge is -2.17. The lowest BCUT2D eigenvalue weighted by Crippen LogP contribution is -2.29. The topological polar surface area (TPSA) is 44.8 Å². The summed E-state index contributed by atoms with van der Waals surface area (Å²) in [7, 11) is 3.60. The van der Waals surface area contributed by atoms with E-state index in [9.17, 15) is 4.79 Å². The number of nitrogens with one attached hydrogen (secondary N) is 1. The molecule has 0 atom stereocenters. The van der Waals surface area contributed by atoms with Gasteiger partial charge in [-0.25, -0.2) is 0 Å². The van der Waals surface area contributed by atoms with E-state index in [4.69, 9.17) is 4.74 Å². The van der Waals surface area contributed by atoms with Gasteiger partial charge in [0.15, 0.2) is 0 Å². The molecule has 1 fully saturated rings. The van der Waals surface area contributed by atoms with Crippen molar-refractivity contribution in [3.05, 3.63) is 59.7 Å². The zero-order chi connectivity index (χ0) is 19.1. The van der Waals surface area contributed by atoms with Gasteiger partial charge in [-0.3, -0.25) is 14.6 Å². The van der Waals surface area contributed by atoms with Crippen LogP contribution in [0.15, 0.2) is 48.5 Å². The number of carbonyl (C=O) groups is 1. The zero-order valence-corrected chi connectivity index (χ0v) is 16.3. The van der Waals surface area contributed by atoms with Crippen molar-refractivity contribution >= 4 is 11.6 Å². The molecule has 2 aromatic carbocycles. The molecule has 0 saturated carbocycles.